The van der Waals surface area contributed by atoms with Gasteiger partial charge in [-0.3, -0.25) is 14.9 Å². The van der Waals surface area contributed by atoms with E-state index in [0.717, 1.165) is 0 Å². The van der Waals surface area contributed by atoms with Gasteiger partial charge in [-0.15, -0.1) is 0 Å². The molecule has 0 aromatic heterocycles. The van der Waals surface area contributed by atoms with Gasteiger partial charge in [-0.1, -0.05) is 0 Å². The molecule has 1 aromatic rings. The Bertz CT molecular complexity index is 419. The van der Waals surface area contributed by atoms with Crippen molar-refractivity contribution in [1.29, 1.82) is 0 Å². The number of aldehydes is 1. The number of nitrogens with zero attached hydrogens (tertiary/aromatic N) is 1. The maximum Gasteiger partial charge on any atom is 0.318 e. The molecule has 14 heavy (non-hydrogen) atoms. The summed E-state index contributed by atoms with van der Waals surface area (Å²) in [5.41, 5.74) is -2.20. The largest absolute Gasteiger partial charge is 0.318 e. The smallest absolute Gasteiger partial charge is 0.298 e. The minimum Gasteiger partial charge on any atom is -0.298 e. The maximum absolute atomic E-state index is 12.7. The van der Waals surface area contributed by atoms with Crippen LogP contribution in [0.5, 0.6) is 0 Å². The molecule has 0 aliphatic rings. The van der Waals surface area contributed by atoms with Crippen LogP contribution in [0.4, 0.5) is 18.9 Å². The first kappa shape index (κ1) is 10.2. The molecule has 1 rings (SSSR count). The van der Waals surface area contributed by atoms with Crippen molar-refractivity contribution in [2.45, 2.75) is 0 Å². The van der Waals surface area contributed by atoms with Gasteiger partial charge in [0.15, 0.2) is 12.1 Å². The highest BCUT2D eigenvalue weighted by Crippen LogP contribution is 2.25. The molecule has 0 saturated carbocycles. The highest BCUT2D eigenvalue weighted by molar-refractivity contribution is 5.81. The molecule has 0 radical (unpaired) electrons. The number of nitro benzene ring substituents is 1. The second kappa shape index (κ2) is 3.44. The number of benzene rings is 1. The second-order valence-electron chi connectivity index (χ2n) is 2.30. The van der Waals surface area contributed by atoms with Gasteiger partial charge in [0.25, 0.3) is 0 Å². The number of carbonyl (C=O) groups is 1. The molecule has 0 N–H and O–H groups in total. The van der Waals surface area contributed by atoms with Crippen LogP contribution in [-0.2, 0) is 0 Å². The second-order valence-corrected chi connectivity index (χ2v) is 2.30. The normalized spacial score (nSPS) is 9.93. The molecule has 0 spiro atoms. The summed E-state index contributed by atoms with van der Waals surface area (Å²) in [7, 11) is 0. The molecule has 0 atom stereocenters. The van der Waals surface area contributed by atoms with Crippen LogP contribution < -0.4 is 0 Å². The van der Waals surface area contributed by atoms with Crippen LogP contribution in [0.2, 0.25) is 0 Å². The Labute approximate surface area is 75.1 Å². The van der Waals surface area contributed by atoms with E-state index in [1.54, 1.807) is 0 Å². The quantitative estimate of drug-likeness (QED) is 0.320. The van der Waals surface area contributed by atoms with Gasteiger partial charge < -0.3 is 0 Å². The average molecular weight is 205 g/mol. The third-order valence-electron chi connectivity index (χ3n) is 1.48. The lowest BCUT2D eigenvalue weighted by atomic mass is 10.2. The SMILES string of the molecule is O=Cc1cc(F)c(F)c(F)c1[N+](=O)[O-]. The van der Waals surface area contributed by atoms with Crippen molar-refractivity contribution in [2.75, 3.05) is 0 Å². The molecule has 0 fully saturated rings. The van der Waals surface area contributed by atoms with E-state index in [0.29, 0.717) is 0 Å². The summed E-state index contributed by atoms with van der Waals surface area (Å²) < 4.78 is 37.7. The molecule has 4 nitrogen and oxygen atoms in total. The summed E-state index contributed by atoms with van der Waals surface area (Å²) in [4.78, 5) is 19.1. The van der Waals surface area contributed by atoms with E-state index >= 15 is 0 Å². The maximum atomic E-state index is 12.7. The van der Waals surface area contributed by atoms with Crippen molar-refractivity contribution in [3.8, 4) is 0 Å². The summed E-state index contributed by atoms with van der Waals surface area (Å²) >= 11 is 0. The third kappa shape index (κ3) is 1.43. The van der Waals surface area contributed by atoms with Crippen LogP contribution in [0.15, 0.2) is 6.07 Å². The predicted molar refractivity (Wildman–Crippen MR) is 38.4 cm³/mol. The molecule has 0 amide bonds. The van der Waals surface area contributed by atoms with E-state index in [1.807, 2.05) is 0 Å². The minimum atomic E-state index is -1.97. The van der Waals surface area contributed by atoms with Crippen LogP contribution in [-0.4, -0.2) is 11.2 Å². The van der Waals surface area contributed by atoms with Gasteiger partial charge in [-0.2, -0.15) is 4.39 Å². The molecular formula is C7H2F3NO3. The molecule has 0 heterocycles. The zero-order chi connectivity index (χ0) is 10.9. The third-order valence-corrected chi connectivity index (χ3v) is 1.48. The monoisotopic (exact) mass is 205 g/mol. The predicted octanol–water partition coefficient (Wildman–Crippen LogP) is 1.82. The van der Waals surface area contributed by atoms with E-state index in [1.165, 1.54) is 0 Å². The summed E-state index contributed by atoms with van der Waals surface area (Å²) in [5.74, 6) is -5.59. The van der Waals surface area contributed by atoms with Crippen molar-refractivity contribution in [2.24, 2.45) is 0 Å². The van der Waals surface area contributed by atoms with Crippen molar-refractivity contribution in [3.05, 3.63) is 39.2 Å². The summed E-state index contributed by atoms with van der Waals surface area (Å²) in [6, 6.07) is 0.267. The first-order valence-electron chi connectivity index (χ1n) is 3.26. The molecule has 0 bridgehead atoms. The topological polar surface area (TPSA) is 60.2 Å². The average Bonchev–Trinajstić information content (AvgIpc) is 2.12. The van der Waals surface area contributed by atoms with E-state index in [2.05, 4.69) is 0 Å². The minimum absolute atomic E-state index is 0.121. The summed E-state index contributed by atoms with van der Waals surface area (Å²) in [6.45, 7) is 0. The van der Waals surface area contributed by atoms with Crippen molar-refractivity contribution >= 4 is 12.0 Å². The first-order chi connectivity index (χ1) is 6.49. The van der Waals surface area contributed by atoms with Crippen LogP contribution in [0.1, 0.15) is 10.4 Å². The fraction of sp³-hybridized carbons (Fsp3) is 0. The highest BCUT2D eigenvalue weighted by atomic mass is 19.2. The van der Waals surface area contributed by atoms with E-state index in [-0.39, 0.29) is 12.4 Å². The Morgan fingerprint density at radius 1 is 1.29 bits per heavy atom. The zero-order valence-electron chi connectivity index (χ0n) is 6.46. The van der Waals surface area contributed by atoms with Crippen LogP contribution in [0.3, 0.4) is 0 Å². The molecule has 1 aromatic carbocycles. The Hall–Kier alpha value is -1.92. The van der Waals surface area contributed by atoms with Crippen molar-refractivity contribution in [3.63, 3.8) is 0 Å². The summed E-state index contributed by atoms with van der Waals surface area (Å²) in [5, 5.41) is 10.2. The Morgan fingerprint density at radius 3 is 2.29 bits per heavy atom. The standard InChI is InChI=1S/C7H2F3NO3/c8-4-1-3(2-12)7(11(13)14)6(10)5(4)9/h1-2H. The van der Waals surface area contributed by atoms with E-state index < -0.39 is 33.6 Å². The van der Waals surface area contributed by atoms with Gasteiger partial charge in [0.05, 0.1) is 10.5 Å². The van der Waals surface area contributed by atoms with E-state index in [9.17, 15) is 28.1 Å². The van der Waals surface area contributed by atoms with Crippen molar-refractivity contribution < 1.29 is 22.9 Å². The lowest BCUT2D eigenvalue weighted by molar-refractivity contribution is -0.388. The number of carbonyl (C=O) groups excluding carboxylic acids is 1. The molecule has 0 aliphatic heterocycles. The highest BCUT2D eigenvalue weighted by Gasteiger charge is 2.26. The van der Waals surface area contributed by atoms with Gasteiger partial charge in [0.1, 0.15) is 0 Å². The number of halogens is 3. The Kier molecular flexibility index (Phi) is 2.50. The van der Waals surface area contributed by atoms with Crippen molar-refractivity contribution in [1.82, 2.24) is 0 Å². The molecule has 0 unspecified atom stereocenters. The molecular weight excluding hydrogens is 203 g/mol. The molecule has 0 aliphatic carbocycles. The number of nitro groups is 1. The van der Waals surface area contributed by atoms with Gasteiger partial charge in [-0.05, 0) is 6.07 Å². The molecule has 0 saturated heterocycles. The Morgan fingerprint density at radius 2 is 1.86 bits per heavy atom. The fourth-order valence-corrected chi connectivity index (χ4v) is 0.879. The number of hydrogen-bond acceptors (Lipinski definition) is 3. The molecule has 7 heteroatoms. The Balaban J connectivity index is 3.61. The number of rotatable bonds is 2. The van der Waals surface area contributed by atoms with Crippen LogP contribution in [0.25, 0.3) is 0 Å². The zero-order valence-corrected chi connectivity index (χ0v) is 6.46. The molecule has 74 valence electrons. The summed E-state index contributed by atoms with van der Waals surface area (Å²) in [6.07, 6.45) is -0.121. The van der Waals surface area contributed by atoms with E-state index in [4.69, 9.17) is 0 Å². The van der Waals surface area contributed by atoms with Gasteiger partial charge in [0, 0.05) is 0 Å². The number of hydrogen-bond donors (Lipinski definition) is 0. The first-order valence-corrected chi connectivity index (χ1v) is 3.26. The van der Waals surface area contributed by atoms with Gasteiger partial charge in [-0.25, -0.2) is 8.78 Å². The van der Waals surface area contributed by atoms with Gasteiger partial charge >= 0.3 is 5.69 Å². The lowest BCUT2D eigenvalue weighted by Gasteiger charge is -1.99. The van der Waals surface area contributed by atoms with Crippen LogP contribution in [0, 0.1) is 27.6 Å². The van der Waals surface area contributed by atoms with Gasteiger partial charge in [0.2, 0.25) is 11.6 Å². The van der Waals surface area contributed by atoms with Crippen LogP contribution >= 0.6 is 0 Å². The fourth-order valence-electron chi connectivity index (χ4n) is 0.879. The lowest BCUT2D eigenvalue weighted by Crippen LogP contribution is -2.03.